The predicted octanol–water partition coefficient (Wildman–Crippen LogP) is 6.06. The molecule has 1 heterocycles. The van der Waals surface area contributed by atoms with E-state index in [0.29, 0.717) is 16.4 Å². The minimum atomic E-state index is -4.75. The van der Waals surface area contributed by atoms with E-state index in [-0.39, 0.29) is 17.1 Å². The Morgan fingerprint density at radius 1 is 1.21 bits per heavy atom. The summed E-state index contributed by atoms with van der Waals surface area (Å²) in [5, 5.41) is 1.55. The van der Waals surface area contributed by atoms with Gasteiger partial charge < -0.3 is 9.29 Å². The SMILES string of the molecule is O=S([O-])N(CC(Br)Cc1ccc(OC(F)(F)F)cc1)c1sc2ccccc2c1Cl. The van der Waals surface area contributed by atoms with Gasteiger partial charge in [-0.15, -0.1) is 24.5 Å². The van der Waals surface area contributed by atoms with Crippen LogP contribution >= 0.6 is 38.9 Å². The molecule has 0 N–H and O–H groups in total. The predicted molar refractivity (Wildman–Crippen MR) is 113 cm³/mol. The van der Waals surface area contributed by atoms with Gasteiger partial charge in [-0.25, -0.2) is 0 Å². The molecule has 0 saturated carbocycles. The van der Waals surface area contributed by atoms with Crippen LogP contribution in [0, 0.1) is 0 Å². The Morgan fingerprint density at radius 3 is 2.45 bits per heavy atom. The quantitative estimate of drug-likeness (QED) is 0.277. The molecule has 2 atom stereocenters. The number of anilines is 1. The Kier molecular flexibility index (Phi) is 7.10. The third kappa shape index (κ3) is 5.85. The van der Waals surface area contributed by atoms with Gasteiger partial charge >= 0.3 is 6.36 Å². The minimum absolute atomic E-state index is 0.101. The highest BCUT2D eigenvalue weighted by Crippen LogP contribution is 2.42. The molecule has 0 saturated heterocycles. The molecular weight excluding hydrogens is 515 g/mol. The van der Waals surface area contributed by atoms with Crippen LogP contribution in [0.15, 0.2) is 48.5 Å². The number of halogens is 5. The number of hydrogen-bond acceptors (Lipinski definition) is 4. The number of nitrogens with zero attached hydrogens (tertiary/aromatic N) is 1. The van der Waals surface area contributed by atoms with Crippen molar-refractivity contribution >= 4 is 65.2 Å². The lowest BCUT2D eigenvalue weighted by Crippen LogP contribution is -2.32. The maximum atomic E-state index is 12.2. The van der Waals surface area contributed by atoms with E-state index in [0.717, 1.165) is 15.6 Å². The number of thiophene rings is 1. The first-order valence-corrected chi connectivity index (χ1v) is 11.3. The highest BCUT2D eigenvalue weighted by molar-refractivity contribution is 9.09. The van der Waals surface area contributed by atoms with Crippen molar-refractivity contribution in [1.29, 1.82) is 0 Å². The fourth-order valence-corrected chi connectivity index (χ4v) is 5.88. The molecule has 0 spiro atoms. The number of ether oxygens (including phenoxy) is 1. The smallest absolute Gasteiger partial charge is 0.573 e. The summed E-state index contributed by atoms with van der Waals surface area (Å²) in [6.07, 6.45) is -4.36. The van der Waals surface area contributed by atoms with Crippen molar-refractivity contribution in [2.24, 2.45) is 0 Å². The van der Waals surface area contributed by atoms with E-state index < -0.39 is 17.6 Å². The second kappa shape index (κ2) is 9.22. The van der Waals surface area contributed by atoms with Crippen molar-refractivity contribution in [2.45, 2.75) is 17.6 Å². The maximum absolute atomic E-state index is 12.2. The van der Waals surface area contributed by atoms with Gasteiger partial charge in [0.2, 0.25) is 0 Å². The summed E-state index contributed by atoms with van der Waals surface area (Å²) in [7, 11) is 0. The van der Waals surface area contributed by atoms with E-state index in [1.807, 2.05) is 24.3 Å². The van der Waals surface area contributed by atoms with E-state index in [1.54, 1.807) is 0 Å². The van der Waals surface area contributed by atoms with Crippen LogP contribution in [0.4, 0.5) is 18.2 Å². The first kappa shape index (κ1) is 22.4. The number of hydrogen-bond donors (Lipinski definition) is 0. The van der Waals surface area contributed by atoms with Crippen LogP contribution in [-0.2, 0) is 17.7 Å². The van der Waals surface area contributed by atoms with Crippen molar-refractivity contribution in [3.05, 3.63) is 59.1 Å². The second-order valence-electron chi connectivity index (χ2n) is 5.99. The Hall–Kier alpha value is -1.33. The van der Waals surface area contributed by atoms with E-state index in [4.69, 9.17) is 11.6 Å². The highest BCUT2D eigenvalue weighted by Gasteiger charge is 2.31. The summed E-state index contributed by atoms with van der Waals surface area (Å²) >= 11 is 8.56. The zero-order valence-electron chi connectivity index (χ0n) is 14.5. The molecule has 156 valence electrons. The van der Waals surface area contributed by atoms with Gasteiger partial charge in [-0.05, 0) is 30.2 Å². The molecule has 0 aliphatic heterocycles. The Labute approximate surface area is 184 Å². The number of benzene rings is 2. The van der Waals surface area contributed by atoms with Gasteiger partial charge in [-0.2, -0.15) is 0 Å². The molecule has 0 bridgehead atoms. The Balaban J connectivity index is 1.72. The average molecular weight is 528 g/mol. The van der Waals surface area contributed by atoms with Crippen molar-refractivity contribution < 1.29 is 26.7 Å². The van der Waals surface area contributed by atoms with E-state index >= 15 is 0 Å². The average Bonchev–Trinajstić information content (AvgIpc) is 2.97. The Bertz CT molecular complexity index is 1010. The van der Waals surface area contributed by atoms with Crippen LogP contribution < -0.4 is 9.04 Å². The molecule has 0 aliphatic rings. The fraction of sp³-hybridized carbons (Fsp3) is 0.222. The second-order valence-corrected chi connectivity index (χ2v) is 9.57. The fourth-order valence-electron chi connectivity index (χ4n) is 2.70. The van der Waals surface area contributed by atoms with Crippen LogP contribution in [0.25, 0.3) is 10.1 Å². The van der Waals surface area contributed by atoms with Gasteiger partial charge in [0.25, 0.3) is 0 Å². The van der Waals surface area contributed by atoms with Crippen molar-refractivity contribution in [3.8, 4) is 5.75 Å². The lowest BCUT2D eigenvalue weighted by molar-refractivity contribution is -0.274. The minimum Gasteiger partial charge on any atom is -0.755 e. The lowest BCUT2D eigenvalue weighted by atomic mass is 10.1. The molecular formula is C18H13BrClF3NO3S2-. The molecule has 29 heavy (non-hydrogen) atoms. The summed E-state index contributed by atoms with van der Waals surface area (Å²) in [6, 6.07) is 12.8. The zero-order valence-corrected chi connectivity index (χ0v) is 18.5. The number of fused-ring (bicyclic) bond motifs is 1. The van der Waals surface area contributed by atoms with Gasteiger partial charge in [0.15, 0.2) is 0 Å². The first-order valence-electron chi connectivity index (χ1n) is 8.17. The topological polar surface area (TPSA) is 52.6 Å². The number of alkyl halides is 4. The summed E-state index contributed by atoms with van der Waals surface area (Å²) in [6.45, 7) is 0.101. The summed E-state index contributed by atoms with van der Waals surface area (Å²) in [5.74, 6) is -0.313. The molecule has 2 aromatic carbocycles. The van der Waals surface area contributed by atoms with Gasteiger partial charge in [0.05, 0.1) is 5.02 Å². The Morgan fingerprint density at radius 2 is 1.86 bits per heavy atom. The molecule has 0 fully saturated rings. The van der Waals surface area contributed by atoms with E-state index in [9.17, 15) is 21.9 Å². The largest absolute Gasteiger partial charge is 0.755 e. The van der Waals surface area contributed by atoms with Crippen LogP contribution in [0.3, 0.4) is 0 Å². The molecule has 3 rings (SSSR count). The zero-order chi connectivity index (χ0) is 21.2. The molecule has 1 aromatic heterocycles. The van der Waals surface area contributed by atoms with Crippen molar-refractivity contribution in [3.63, 3.8) is 0 Å². The van der Waals surface area contributed by atoms with Crippen LogP contribution in [0.2, 0.25) is 5.02 Å². The molecule has 0 amide bonds. The molecule has 0 radical (unpaired) electrons. The van der Waals surface area contributed by atoms with Gasteiger partial charge in [0.1, 0.15) is 10.8 Å². The van der Waals surface area contributed by atoms with Crippen LogP contribution in [-0.4, -0.2) is 26.5 Å². The van der Waals surface area contributed by atoms with Crippen molar-refractivity contribution in [1.82, 2.24) is 0 Å². The van der Waals surface area contributed by atoms with E-state index in [2.05, 4.69) is 20.7 Å². The van der Waals surface area contributed by atoms with Crippen molar-refractivity contribution in [2.75, 3.05) is 10.8 Å². The molecule has 11 heteroatoms. The monoisotopic (exact) mass is 526 g/mol. The summed E-state index contributed by atoms with van der Waals surface area (Å²) in [4.78, 5) is -0.295. The van der Waals surface area contributed by atoms with Gasteiger partial charge in [-0.1, -0.05) is 57.9 Å². The lowest BCUT2D eigenvalue weighted by Gasteiger charge is -2.27. The normalized spacial score (nSPS) is 14.0. The van der Waals surface area contributed by atoms with E-state index in [1.165, 1.54) is 39.9 Å². The summed E-state index contributed by atoms with van der Waals surface area (Å²) < 4.78 is 66.3. The molecule has 2 unspecified atom stereocenters. The van der Waals surface area contributed by atoms with Crippen LogP contribution in [0.1, 0.15) is 5.56 Å². The third-order valence-electron chi connectivity index (χ3n) is 3.90. The van der Waals surface area contributed by atoms with Gasteiger partial charge in [-0.3, -0.25) is 8.51 Å². The van der Waals surface area contributed by atoms with Crippen LogP contribution in [0.5, 0.6) is 5.75 Å². The molecule has 3 aromatic rings. The molecule has 4 nitrogen and oxygen atoms in total. The standard InChI is InChI=1S/C18H14BrClF3NO3S2/c19-12(9-11-5-7-13(8-6-11)27-18(21,22)23)10-24(29(25)26)17-16(20)14-3-1-2-4-15(14)28-17/h1-8,12H,9-10H2,(H,25,26)/p-1. The highest BCUT2D eigenvalue weighted by atomic mass is 79.9. The maximum Gasteiger partial charge on any atom is 0.573 e. The summed E-state index contributed by atoms with van der Waals surface area (Å²) in [5.41, 5.74) is 0.723. The first-order chi connectivity index (χ1) is 13.6. The van der Waals surface area contributed by atoms with Gasteiger partial charge in [0, 0.05) is 32.7 Å². The third-order valence-corrected chi connectivity index (χ3v) is 7.01. The number of rotatable bonds is 7. The molecule has 0 aliphatic carbocycles.